The molecular formula is C20H24N2O6. The number of carbonyl (C=O) groups is 2. The molecule has 2 aromatic rings. The topological polar surface area (TPSA) is 95.1 Å². The molecule has 150 valence electrons. The van der Waals surface area contributed by atoms with Crippen LogP contribution in [-0.2, 0) is 4.79 Å². The van der Waals surface area contributed by atoms with Crippen LogP contribution in [0.1, 0.15) is 24.2 Å². The molecule has 8 heteroatoms. The van der Waals surface area contributed by atoms with Gasteiger partial charge in [-0.1, -0.05) is 12.1 Å². The molecule has 28 heavy (non-hydrogen) atoms. The van der Waals surface area contributed by atoms with E-state index in [0.29, 0.717) is 28.6 Å². The zero-order chi connectivity index (χ0) is 20.5. The molecule has 0 saturated heterocycles. The molecular weight excluding hydrogens is 364 g/mol. The first kappa shape index (κ1) is 20.9. The number of hydrazine groups is 1. The third kappa shape index (κ3) is 5.80. The highest BCUT2D eigenvalue weighted by atomic mass is 16.5. The van der Waals surface area contributed by atoms with Gasteiger partial charge >= 0.3 is 0 Å². The molecule has 0 aromatic heterocycles. The van der Waals surface area contributed by atoms with E-state index in [2.05, 4.69) is 10.9 Å². The third-order valence-electron chi connectivity index (χ3n) is 3.53. The van der Waals surface area contributed by atoms with Gasteiger partial charge in [0.25, 0.3) is 11.8 Å². The normalized spacial score (nSPS) is 10.2. The van der Waals surface area contributed by atoms with Crippen molar-refractivity contribution >= 4 is 11.8 Å². The lowest BCUT2D eigenvalue weighted by molar-refractivity contribution is -0.123. The first-order chi connectivity index (χ1) is 13.4. The van der Waals surface area contributed by atoms with Crippen LogP contribution in [-0.4, -0.2) is 38.7 Å². The summed E-state index contributed by atoms with van der Waals surface area (Å²) in [4.78, 5) is 24.2. The zero-order valence-electron chi connectivity index (χ0n) is 16.3. The molecule has 2 N–H and O–H groups in total. The van der Waals surface area contributed by atoms with Gasteiger partial charge in [-0.3, -0.25) is 20.4 Å². The first-order valence-electron chi connectivity index (χ1n) is 8.64. The summed E-state index contributed by atoms with van der Waals surface area (Å²) in [5, 5.41) is 0. The summed E-state index contributed by atoms with van der Waals surface area (Å²) in [6, 6.07) is 11.7. The maximum absolute atomic E-state index is 12.2. The number of ether oxygens (including phenoxy) is 4. The van der Waals surface area contributed by atoms with Crippen LogP contribution in [0.4, 0.5) is 0 Å². The van der Waals surface area contributed by atoms with Crippen molar-refractivity contribution in [1.29, 1.82) is 0 Å². The van der Waals surface area contributed by atoms with Gasteiger partial charge in [-0.15, -0.1) is 0 Å². The summed E-state index contributed by atoms with van der Waals surface area (Å²) in [7, 11) is 3.00. The Bertz CT molecular complexity index is 822. The molecule has 2 amide bonds. The Morgan fingerprint density at radius 1 is 0.893 bits per heavy atom. The number of benzene rings is 2. The number of hydrogen-bond donors (Lipinski definition) is 2. The van der Waals surface area contributed by atoms with Gasteiger partial charge in [0.05, 0.1) is 20.3 Å². The van der Waals surface area contributed by atoms with Crippen molar-refractivity contribution in [3.8, 4) is 23.0 Å². The molecule has 0 spiro atoms. The van der Waals surface area contributed by atoms with Gasteiger partial charge in [0.1, 0.15) is 0 Å². The number of carbonyl (C=O) groups excluding carboxylic acids is 2. The minimum Gasteiger partial charge on any atom is -0.493 e. The SMILES string of the molecule is COc1ccccc1OCC(=O)NNC(=O)c1ccc(OC(C)C)c(OC)c1. The van der Waals surface area contributed by atoms with E-state index >= 15 is 0 Å². The first-order valence-corrected chi connectivity index (χ1v) is 8.64. The van der Waals surface area contributed by atoms with E-state index in [1.54, 1.807) is 36.4 Å². The zero-order valence-corrected chi connectivity index (χ0v) is 16.3. The fraction of sp³-hybridized carbons (Fsp3) is 0.300. The van der Waals surface area contributed by atoms with Gasteiger partial charge in [0.2, 0.25) is 0 Å². The number of amides is 2. The number of hydrogen-bond acceptors (Lipinski definition) is 6. The van der Waals surface area contributed by atoms with Crippen LogP contribution >= 0.6 is 0 Å². The summed E-state index contributed by atoms with van der Waals surface area (Å²) < 4.78 is 21.4. The number of rotatable bonds is 8. The molecule has 8 nitrogen and oxygen atoms in total. The Hall–Kier alpha value is -3.42. The van der Waals surface area contributed by atoms with E-state index in [0.717, 1.165) is 0 Å². The minimum absolute atomic E-state index is 0.0314. The van der Waals surface area contributed by atoms with E-state index < -0.39 is 11.8 Å². The molecule has 0 unspecified atom stereocenters. The van der Waals surface area contributed by atoms with Crippen LogP contribution in [0, 0.1) is 0 Å². The second-order valence-electron chi connectivity index (χ2n) is 5.97. The van der Waals surface area contributed by atoms with E-state index in [4.69, 9.17) is 18.9 Å². The minimum atomic E-state index is -0.522. The molecule has 0 aliphatic heterocycles. The van der Waals surface area contributed by atoms with Crippen LogP contribution in [0.3, 0.4) is 0 Å². The van der Waals surface area contributed by atoms with Gasteiger partial charge in [-0.05, 0) is 44.2 Å². The van der Waals surface area contributed by atoms with Crippen molar-refractivity contribution in [3.63, 3.8) is 0 Å². The Morgan fingerprint density at radius 2 is 1.57 bits per heavy atom. The van der Waals surface area contributed by atoms with Gasteiger partial charge in [0, 0.05) is 5.56 Å². The second kappa shape index (κ2) is 10.1. The Morgan fingerprint density at radius 3 is 2.21 bits per heavy atom. The second-order valence-corrected chi connectivity index (χ2v) is 5.97. The number of para-hydroxylation sites is 2. The summed E-state index contributed by atoms with van der Waals surface area (Å²) in [5.41, 5.74) is 4.93. The molecule has 0 radical (unpaired) electrons. The summed E-state index contributed by atoms with van der Waals surface area (Å²) in [6.07, 6.45) is -0.0314. The summed E-state index contributed by atoms with van der Waals surface area (Å²) in [6.45, 7) is 3.50. The van der Waals surface area contributed by atoms with E-state index in [-0.39, 0.29) is 12.7 Å². The van der Waals surface area contributed by atoms with Crippen LogP contribution < -0.4 is 29.8 Å². The molecule has 0 aliphatic rings. The maximum Gasteiger partial charge on any atom is 0.276 e. The molecule has 0 saturated carbocycles. The van der Waals surface area contributed by atoms with Crippen LogP contribution in [0.2, 0.25) is 0 Å². The van der Waals surface area contributed by atoms with Crippen LogP contribution in [0.25, 0.3) is 0 Å². The third-order valence-corrected chi connectivity index (χ3v) is 3.53. The average molecular weight is 388 g/mol. The molecule has 0 fully saturated rings. The molecule has 0 heterocycles. The monoisotopic (exact) mass is 388 g/mol. The summed E-state index contributed by atoms with van der Waals surface area (Å²) >= 11 is 0. The summed E-state index contributed by atoms with van der Waals surface area (Å²) in [5.74, 6) is 0.869. The fourth-order valence-electron chi connectivity index (χ4n) is 2.28. The molecule has 2 aromatic carbocycles. The van der Waals surface area contributed by atoms with Gasteiger partial charge in [-0.2, -0.15) is 0 Å². The molecule has 0 bridgehead atoms. The Kier molecular flexibility index (Phi) is 7.50. The largest absolute Gasteiger partial charge is 0.493 e. The van der Waals surface area contributed by atoms with E-state index in [9.17, 15) is 9.59 Å². The van der Waals surface area contributed by atoms with E-state index in [1.807, 2.05) is 13.8 Å². The van der Waals surface area contributed by atoms with Crippen molar-refractivity contribution in [1.82, 2.24) is 10.9 Å². The predicted molar refractivity (Wildman–Crippen MR) is 103 cm³/mol. The molecule has 2 rings (SSSR count). The molecule has 0 atom stereocenters. The maximum atomic E-state index is 12.2. The van der Waals surface area contributed by atoms with Crippen molar-refractivity contribution in [3.05, 3.63) is 48.0 Å². The lowest BCUT2D eigenvalue weighted by Crippen LogP contribution is -2.43. The lowest BCUT2D eigenvalue weighted by Gasteiger charge is -2.14. The van der Waals surface area contributed by atoms with Crippen molar-refractivity contribution in [2.24, 2.45) is 0 Å². The van der Waals surface area contributed by atoms with E-state index in [1.165, 1.54) is 20.3 Å². The Balaban J connectivity index is 1.90. The van der Waals surface area contributed by atoms with Crippen molar-refractivity contribution in [2.45, 2.75) is 20.0 Å². The number of methoxy groups -OCH3 is 2. The predicted octanol–water partition coefficient (Wildman–Crippen LogP) is 2.33. The van der Waals surface area contributed by atoms with Gasteiger partial charge < -0.3 is 18.9 Å². The highest BCUT2D eigenvalue weighted by Gasteiger charge is 2.13. The van der Waals surface area contributed by atoms with Crippen LogP contribution in [0.15, 0.2) is 42.5 Å². The van der Waals surface area contributed by atoms with Gasteiger partial charge in [0.15, 0.2) is 29.6 Å². The quantitative estimate of drug-likeness (QED) is 0.674. The number of nitrogens with one attached hydrogen (secondary N) is 2. The van der Waals surface area contributed by atoms with Crippen molar-refractivity contribution < 1.29 is 28.5 Å². The highest BCUT2D eigenvalue weighted by Crippen LogP contribution is 2.29. The Labute approximate surface area is 163 Å². The fourth-order valence-corrected chi connectivity index (χ4v) is 2.28. The average Bonchev–Trinajstić information content (AvgIpc) is 2.70. The standard InChI is InChI=1S/C20H24N2O6/c1-13(2)28-17-10-9-14(11-18(17)26-4)20(24)22-21-19(23)12-27-16-8-6-5-7-15(16)25-3/h5-11,13H,12H2,1-4H3,(H,21,23)(H,22,24). The van der Waals surface area contributed by atoms with Crippen LogP contribution in [0.5, 0.6) is 23.0 Å². The van der Waals surface area contributed by atoms with Gasteiger partial charge in [-0.25, -0.2) is 0 Å². The smallest absolute Gasteiger partial charge is 0.276 e. The van der Waals surface area contributed by atoms with Crippen molar-refractivity contribution in [2.75, 3.05) is 20.8 Å². The molecule has 0 aliphatic carbocycles. The lowest BCUT2D eigenvalue weighted by atomic mass is 10.2. The highest BCUT2D eigenvalue weighted by molar-refractivity contribution is 5.96.